The largest absolute Gasteiger partial charge is 0.317 e. The van der Waals surface area contributed by atoms with Crippen LogP contribution in [0.15, 0.2) is 5.11 Å². The fraction of sp³-hybridized carbons (Fsp3) is 1.00. The number of nitrogens with one attached hydrogen (secondary N) is 2. The molecule has 1 heterocycles. The van der Waals surface area contributed by atoms with Crippen molar-refractivity contribution < 1.29 is 0 Å². The maximum absolute atomic E-state index is 6.69. The minimum Gasteiger partial charge on any atom is -0.317 e. The Kier molecular flexibility index (Phi) is 1.97. The van der Waals surface area contributed by atoms with Crippen LogP contribution < -0.4 is 5.32 Å². The smallest absolute Gasteiger partial charge is 0.0729 e. The van der Waals surface area contributed by atoms with E-state index in [2.05, 4.69) is 10.4 Å². The van der Waals surface area contributed by atoms with Gasteiger partial charge in [-0.1, -0.05) is 0 Å². The van der Waals surface area contributed by atoms with Gasteiger partial charge < -0.3 is 5.32 Å². The number of hydrogen-bond acceptors (Lipinski definition) is 3. The molecule has 1 fully saturated rings. The quantitative estimate of drug-likeness (QED) is 0.485. The molecule has 46 valence electrons. The first-order valence-corrected chi connectivity index (χ1v) is 3.01. The van der Waals surface area contributed by atoms with Crippen LogP contribution in [0.5, 0.6) is 0 Å². The zero-order valence-electron chi connectivity index (χ0n) is 4.85. The Hall–Kier alpha value is -0.440. The summed E-state index contributed by atoms with van der Waals surface area (Å²) in [6.45, 7) is 2.07. The van der Waals surface area contributed by atoms with Crippen LogP contribution in [0.2, 0.25) is 0 Å². The van der Waals surface area contributed by atoms with Gasteiger partial charge in [0.15, 0.2) is 0 Å². The Labute approximate surface area is 49.0 Å². The van der Waals surface area contributed by atoms with Crippen LogP contribution in [0.3, 0.4) is 0 Å². The first kappa shape index (κ1) is 5.69. The van der Waals surface area contributed by atoms with E-state index >= 15 is 0 Å². The van der Waals surface area contributed by atoms with Crippen molar-refractivity contribution in [3.05, 3.63) is 0 Å². The van der Waals surface area contributed by atoms with Crippen LogP contribution in [-0.4, -0.2) is 19.1 Å². The van der Waals surface area contributed by atoms with Gasteiger partial charge >= 0.3 is 0 Å². The molecule has 0 aromatic rings. The van der Waals surface area contributed by atoms with Gasteiger partial charge in [-0.3, -0.25) is 0 Å². The van der Waals surface area contributed by atoms with Gasteiger partial charge in [0.2, 0.25) is 0 Å². The summed E-state index contributed by atoms with van der Waals surface area (Å²) in [5.74, 6) is 0. The molecule has 0 aromatic heterocycles. The zero-order valence-corrected chi connectivity index (χ0v) is 4.85. The van der Waals surface area contributed by atoms with Crippen LogP contribution in [0.1, 0.15) is 12.8 Å². The lowest BCUT2D eigenvalue weighted by molar-refractivity contribution is 0.442. The Morgan fingerprint density at radius 1 is 1.38 bits per heavy atom. The zero-order chi connectivity index (χ0) is 5.82. The highest BCUT2D eigenvalue weighted by Gasteiger charge is 2.09. The molecule has 1 saturated heterocycles. The lowest BCUT2D eigenvalue weighted by atomic mass is 10.1. The summed E-state index contributed by atoms with van der Waals surface area (Å²) in [5, 5.41) is 6.66. The van der Waals surface area contributed by atoms with E-state index in [1.165, 1.54) is 0 Å². The maximum Gasteiger partial charge on any atom is 0.0729 e. The molecule has 0 radical (unpaired) electrons. The van der Waals surface area contributed by atoms with E-state index in [1.807, 2.05) is 0 Å². The molecular weight excluding hydrogens is 102 g/mol. The second kappa shape index (κ2) is 2.77. The Bertz CT molecular complexity index is 75.7. The van der Waals surface area contributed by atoms with Crippen molar-refractivity contribution in [3.63, 3.8) is 0 Å². The Morgan fingerprint density at radius 3 is 2.38 bits per heavy atom. The van der Waals surface area contributed by atoms with E-state index in [9.17, 15) is 0 Å². The molecule has 0 atom stereocenters. The van der Waals surface area contributed by atoms with E-state index in [1.54, 1.807) is 0 Å². The Balaban J connectivity index is 2.22. The number of rotatable bonds is 1. The van der Waals surface area contributed by atoms with Crippen molar-refractivity contribution in [2.24, 2.45) is 5.11 Å². The summed E-state index contributed by atoms with van der Waals surface area (Å²) in [7, 11) is 0. The van der Waals surface area contributed by atoms with Crippen molar-refractivity contribution in [2.45, 2.75) is 18.9 Å². The fourth-order valence-electron chi connectivity index (χ4n) is 0.936. The van der Waals surface area contributed by atoms with Gasteiger partial charge in [-0.25, -0.2) is 5.53 Å². The van der Waals surface area contributed by atoms with Gasteiger partial charge in [0, 0.05) is 0 Å². The minimum atomic E-state index is 0.316. The molecule has 0 saturated carbocycles. The normalized spacial score (nSPS) is 23.0. The number of hydrogen-bond donors (Lipinski definition) is 2. The van der Waals surface area contributed by atoms with Crippen LogP contribution in [0.25, 0.3) is 0 Å². The highest BCUT2D eigenvalue weighted by Crippen LogP contribution is 2.04. The monoisotopic (exact) mass is 113 g/mol. The summed E-state index contributed by atoms with van der Waals surface area (Å²) in [5.41, 5.74) is 6.69. The summed E-state index contributed by atoms with van der Waals surface area (Å²) < 4.78 is 0. The average Bonchev–Trinajstić information content (AvgIpc) is 1.90. The second-order valence-electron chi connectivity index (χ2n) is 2.11. The van der Waals surface area contributed by atoms with Crippen LogP contribution >= 0.6 is 0 Å². The van der Waals surface area contributed by atoms with Crippen LogP contribution in [0.4, 0.5) is 0 Å². The van der Waals surface area contributed by atoms with Crippen molar-refractivity contribution in [3.8, 4) is 0 Å². The standard InChI is InChI=1S/C5H11N3/c6-8-5-1-3-7-4-2-5/h5-7H,1-4H2. The Morgan fingerprint density at radius 2 is 2.00 bits per heavy atom. The van der Waals surface area contributed by atoms with E-state index in [0.29, 0.717) is 6.04 Å². The topological polar surface area (TPSA) is 48.2 Å². The molecule has 1 rings (SSSR count). The number of nitrogens with zero attached hydrogens (tertiary/aromatic N) is 1. The highest BCUT2D eigenvalue weighted by atomic mass is 15.0. The predicted molar refractivity (Wildman–Crippen MR) is 31.0 cm³/mol. The molecule has 2 N–H and O–H groups in total. The van der Waals surface area contributed by atoms with Gasteiger partial charge in [0.25, 0.3) is 0 Å². The van der Waals surface area contributed by atoms with E-state index in [-0.39, 0.29) is 0 Å². The summed E-state index contributed by atoms with van der Waals surface area (Å²) in [4.78, 5) is 0. The molecule has 8 heavy (non-hydrogen) atoms. The first-order valence-electron chi connectivity index (χ1n) is 3.01. The van der Waals surface area contributed by atoms with Gasteiger partial charge in [-0.05, 0) is 25.9 Å². The van der Waals surface area contributed by atoms with Crippen LogP contribution in [-0.2, 0) is 0 Å². The second-order valence-corrected chi connectivity index (χ2v) is 2.11. The minimum absolute atomic E-state index is 0.316. The lowest BCUT2D eigenvalue weighted by Crippen LogP contribution is -2.29. The molecule has 1 aliphatic rings. The van der Waals surface area contributed by atoms with Crippen LogP contribution in [0, 0.1) is 5.53 Å². The fourth-order valence-corrected chi connectivity index (χ4v) is 0.936. The molecule has 0 bridgehead atoms. The maximum atomic E-state index is 6.69. The number of piperidine rings is 1. The predicted octanol–water partition coefficient (Wildman–Crippen LogP) is 0.769. The SMILES string of the molecule is N=NC1CCNCC1. The van der Waals surface area contributed by atoms with E-state index in [0.717, 1.165) is 25.9 Å². The molecule has 0 aromatic carbocycles. The van der Waals surface area contributed by atoms with Gasteiger partial charge in [-0.2, -0.15) is 5.11 Å². The molecule has 3 heteroatoms. The molecule has 3 nitrogen and oxygen atoms in total. The highest BCUT2D eigenvalue weighted by molar-refractivity contribution is 4.71. The van der Waals surface area contributed by atoms with Crippen molar-refractivity contribution in [1.29, 1.82) is 5.53 Å². The summed E-state index contributed by atoms with van der Waals surface area (Å²) in [6, 6.07) is 0.316. The molecule has 0 amide bonds. The lowest BCUT2D eigenvalue weighted by Gasteiger charge is -2.16. The third-order valence-electron chi connectivity index (χ3n) is 1.49. The van der Waals surface area contributed by atoms with Crippen molar-refractivity contribution in [1.82, 2.24) is 5.32 Å². The molecule has 0 unspecified atom stereocenters. The molecule has 0 aliphatic carbocycles. The molecular formula is C5H11N3. The van der Waals surface area contributed by atoms with Crippen molar-refractivity contribution in [2.75, 3.05) is 13.1 Å². The van der Waals surface area contributed by atoms with Crippen molar-refractivity contribution >= 4 is 0 Å². The third kappa shape index (κ3) is 1.26. The van der Waals surface area contributed by atoms with Gasteiger partial charge in [-0.15, -0.1) is 0 Å². The van der Waals surface area contributed by atoms with Gasteiger partial charge in [0.1, 0.15) is 0 Å². The molecule has 1 aliphatic heterocycles. The summed E-state index contributed by atoms with van der Waals surface area (Å²) in [6.07, 6.45) is 2.09. The van der Waals surface area contributed by atoms with Gasteiger partial charge in [0.05, 0.1) is 6.04 Å². The van der Waals surface area contributed by atoms with E-state index < -0.39 is 0 Å². The van der Waals surface area contributed by atoms with E-state index in [4.69, 9.17) is 5.53 Å². The summed E-state index contributed by atoms with van der Waals surface area (Å²) >= 11 is 0. The molecule has 0 spiro atoms. The third-order valence-corrected chi connectivity index (χ3v) is 1.49. The average molecular weight is 113 g/mol. The first-order chi connectivity index (χ1) is 3.93.